The Balaban J connectivity index is 1.97. The number of nitrogens with zero attached hydrogens (tertiary/aromatic N) is 2. The van der Waals surface area contributed by atoms with E-state index in [1.54, 1.807) is 0 Å². The number of fused-ring (bicyclic) bond motifs is 1. The average Bonchev–Trinajstić information content (AvgIpc) is 2.48. The summed E-state index contributed by atoms with van der Waals surface area (Å²) < 4.78 is 1.95. The van der Waals surface area contributed by atoms with Crippen LogP contribution in [-0.2, 0) is 16.1 Å². The summed E-state index contributed by atoms with van der Waals surface area (Å²) in [6.07, 6.45) is 1.88. The lowest BCUT2D eigenvalue weighted by molar-refractivity contribution is -0.695. The van der Waals surface area contributed by atoms with Crippen LogP contribution in [0, 0.1) is 6.92 Å². The summed E-state index contributed by atoms with van der Waals surface area (Å²) in [5.74, 6) is -1.13. The topological polar surface area (TPSA) is 90.3 Å². The molecule has 0 aliphatic carbocycles. The molecule has 0 saturated carbocycles. The number of rotatable bonds is 3. The second kappa shape index (κ2) is 5.16. The van der Waals surface area contributed by atoms with Crippen LogP contribution in [-0.4, -0.2) is 33.9 Å². The van der Waals surface area contributed by atoms with Gasteiger partial charge in [-0.25, -0.2) is 0 Å². The van der Waals surface area contributed by atoms with Gasteiger partial charge in [-0.3, -0.25) is 9.69 Å². The van der Waals surface area contributed by atoms with Crippen molar-refractivity contribution in [3.05, 3.63) is 41.4 Å². The zero-order valence-electron chi connectivity index (χ0n) is 11.5. The Bertz CT molecular complexity index is 659. The highest BCUT2D eigenvalue weighted by Crippen LogP contribution is 2.39. The molecule has 1 aromatic rings. The van der Waals surface area contributed by atoms with Gasteiger partial charge in [0.2, 0.25) is 5.91 Å². The molecule has 110 valence electrons. The first kappa shape index (κ1) is 14.1. The van der Waals surface area contributed by atoms with Gasteiger partial charge in [-0.1, -0.05) is 6.07 Å². The molecule has 2 aliphatic heterocycles. The maximum Gasteiger partial charge on any atom is 0.248 e. The molecule has 0 bridgehead atoms. The zero-order chi connectivity index (χ0) is 15.1. The highest BCUT2D eigenvalue weighted by molar-refractivity contribution is 8.00. The number of thioether (sulfide) groups is 1. The van der Waals surface area contributed by atoms with Crippen LogP contribution in [0.5, 0.6) is 0 Å². The smallest absolute Gasteiger partial charge is 0.248 e. The van der Waals surface area contributed by atoms with Gasteiger partial charge in [-0.05, 0) is 0 Å². The molecule has 1 aromatic heterocycles. The number of aromatic nitrogens is 1. The van der Waals surface area contributed by atoms with E-state index in [0.29, 0.717) is 17.9 Å². The zero-order valence-corrected chi connectivity index (χ0v) is 12.3. The summed E-state index contributed by atoms with van der Waals surface area (Å²) >= 11 is 1.50. The molecule has 3 rings (SSSR count). The minimum atomic E-state index is -1.32. The highest BCUT2D eigenvalue weighted by atomic mass is 32.2. The fourth-order valence-corrected chi connectivity index (χ4v) is 3.92. The van der Waals surface area contributed by atoms with Crippen LogP contribution in [0.3, 0.4) is 0 Å². The van der Waals surface area contributed by atoms with Crippen LogP contribution in [0.15, 0.2) is 35.7 Å². The fraction of sp³-hybridized carbons (Fsp3) is 0.357. The normalized spacial score (nSPS) is 24.7. The number of hydrogen-bond donors (Lipinski definition) is 1. The minimum Gasteiger partial charge on any atom is -0.543 e. The number of aryl methyl sites for hydroxylation is 1. The molecule has 3 heterocycles. The molecule has 2 aliphatic rings. The van der Waals surface area contributed by atoms with Crippen molar-refractivity contribution in [2.75, 3.05) is 5.75 Å². The molecule has 0 radical (unpaired) electrons. The Morgan fingerprint density at radius 1 is 1.57 bits per heavy atom. The second-order valence-electron chi connectivity index (χ2n) is 5.15. The molecular weight excluding hydrogens is 290 g/mol. The van der Waals surface area contributed by atoms with Crippen LogP contribution >= 0.6 is 11.8 Å². The molecule has 1 amide bonds. The first-order valence-electron chi connectivity index (χ1n) is 6.59. The van der Waals surface area contributed by atoms with E-state index >= 15 is 0 Å². The second-order valence-corrected chi connectivity index (χ2v) is 6.25. The molecule has 6 nitrogen and oxygen atoms in total. The van der Waals surface area contributed by atoms with Crippen molar-refractivity contribution in [2.45, 2.75) is 24.9 Å². The Labute approximate surface area is 126 Å². The van der Waals surface area contributed by atoms with Crippen molar-refractivity contribution in [1.82, 2.24) is 4.90 Å². The highest BCUT2D eigenvalue weighted by Gasteiger charge is 2.50. The van der Waals surface area contributed by atoms with E-state index in [1.807, 2.05) is 35.9 Å². The lowest BCUT2D eigenvalue weighted by Gasteiger charge is -2.49. The number of carbonyl (C=O) groups is 2. The minimum absolute atomic E-state index is 0.0128. The predicted octanol–water partition coefficient (Wildman–Crippen LogP) is -1.47. The molecule has 21 heavy (non-hydrogen) atoms. The Morgan fingerprint density at radius 2 is 2.33 bits per heavy atom. The maximum absolute atomic E-state index is 11.8. The van der Waals surface area contributed by atoms with Crippen molar-refractivity contribution in [1.29, 1.82) is 0 Å². The fourth-order valence-electron chi connectivity index (χ4n) is 2.63. The number of nitrogens with two attached hydrogens (primary N) is 1. The quantitative estimate of drug-likeness (QED) is 0.544. The third-order valence-corrected chi connectivity index (χ3v) is 5.17. The van der Waals surface area contributed by atoms with Crippen LogP contribution < -0.4 is 15.4 Å². The van der Waals surface area contributed by atoms with E-state index < -0.39 is 12.0 Å². The number of carboxylic acid groups (broad SMARTS) is 1. The molecule has 2 N–H and O–H groups in total. The van der Waals surface area contributed by atoms with Gasteiger partial charge in [0, 0.05) is 30.4 Å². The number of carboxylic acids is 1. The molecule has 0 aromatic carbocycles. The molecule has 1 fully saturated rings. The SMILES string of the molecule is Cc1cccc[n+]1CC1=C(C(=O)[O-])N2C(=O)C(N)C2SC1. The van der Waals surface area contributed by atoms with Crippen molar-refractivity contribution < 1.29 is 19.3 Å². The monoisotopic (exact) mass is 305 g/mol. The van der Waals surface area contributed by atoms with Crippen LogP contribution in [0.1, 0.15) is 5.69 Å². The number of β-lactam (4-membered cyclic amide) rings is 1. The number of hydrogen-bond acceptors (Lipinski definition) is 5. The van der Waals surface area contributed by atoms with Gasteiger partial charge in [-0.15, -0.1) is 11.8 Å². The molecular formula is C14H15N3O3S. The summed E-state index contributed by atoms with van der Waals surface area (Å²) in [6, 6.07) is 5.14. The van der Waals surface area contributed by atoms with Crippen LogP contribution in [0.25, 0.3) is 0 Å². The van der Waals surface area contributed by atoms with Crippen LogP contribution in [0.2, 0.25) is 0 Å². The number of amides is 1. The van der Waals surface area contributed by atoms with Crippen molar-refractivity contribution >= 4 is 23.6 Å². The summed E-state index contributed by atoms with van der Waals surface area (Å²) in [6.45, 7) is 2.37. The van der Waals surface area contributed by atoms with E-state index in [1.165, 1.54) is 16.7 Å². The summed E-state index contributed by atoms with van der Waals surface area (Å²) in [5, 5.41) is 11.2. The van der Waals surface area contributed by atoms with Gasteiger partial charge in [0.25, 0.3) is 0 Å². The van der Waals surface area contributed by atoms with Crippen molar-refractivity contribution in [3.8, 4) is 0 Å². The molecule has 1 saturated heterocycles. The number of carbonyl (C=O) groups excluding carboxylic acids is 2. The lowest BCUT2D eigenvalue weighted by Crippen LogP contribution is -2.69. The Morgan fingerprint density at radius 3 is 3.00 bits per heavy atom. The maximum atomic E-state index is 11.8. The van der Waals surface area contributed by atoms with E-state index in [0.717, 1.165) is 5.69 Å². The summed E-state index contributed by atoms with van der Waals surface area (Å²) in [4.78, 5) is 24.6. The standard InChI is InChI=1S/C14H15N3O3S/c1-8-4-2-3-5-16(8)6-9-7-21-13-10(15)12(18)17(13)11(9)14(19)20/h2-5,10,13H,6-7,15H2,1H3. The van der Waals surface area contributed by atoms with Gasteiger partial charge in [0.05, 0.1) is 11.7 Å². The van der Waals surface area contributed by atoms with Gasteiger partial charge < -0.3 is 15.6 Å². The summed E-state index contributed by atoms with van der Waals surface area (Å²) in [7, 11) is 0. The lowest BCUT2D eigenvalue weighted by atomic mass is 10.0. The van der Waals surface area contributed by atoms with E-state index in [-0.39, 0.29) is 17.0 Å². The third kappa shape index (κ3) is 2.22. The van der Waals surface area contributed by atoms with Gasteiger partial charge in [0.1, 0.15) is 11.4 Å². The van der Waals surface area contributed by atoms with Crippen LogP contribution in [0.4, 0.5) is 0 Å². The molecule has 2 atom stereocenters. The predicted molar refractivity (Wildman–Crippen MR) is 74.5 cm³/mol. The third-order valence-electron chi connectivity index (χ3n) is 3.81. The Hall–Kier alpha value is -1.86. The van der Waals surface area contributed by atoms with E-state index in [4.69, 9.17) is 5.73 Å². The molecule has 2 unspecified atom stereocenters. The first-order valence-corrected chi connectivity index (χ1v) is 7.64. The Kier molecular flexibility index (Phi) is 3.46. The summed E-state index contributed by atoms with van der Waals surface area (Å²) in [5.41, 5.74) is 7.39. The first-order chi connectivity index (χ1) is 10.0. The largest absolute Gasteiger partial charge is 0.543 e. The van der Waals surface area contributed by atoms with Gasteiger partial charge in [0.15, 0.2) is 18.4 Å². The van der Waals surface area contributed by atoms with Crippen molar-refractivity contribution in [2.24, 2.45) is 5.73 Å². The number of pyridine rings is 1. The van der Waals surface area contributed by atoms with E-state index in [9.17, 15) is 14.7 Å². The van der Waals surface area contributed by atoms with E-state index in [2.05, 4.69) is 0 Å². The number of aliphatic carboxylic acids is 1. The van der Waals surface area contributed by atoms with Crippen molar-refractivity contribution in [3.63, 3.8) is 0 Å². The van der Waals surface area contributed by atoms with Gasteiger partial charge in [-0.2, -0.15) is 4.57 Å². The molecule has 7 heteroatoms. The van der Waals surface area contributed by atoms with Gasteiger partial charge >= 0.3 is 0 Å². The average molecular weight is 305 g/mol. The molecule has 0 spiro atoms.